The molecule has 2 aromatic rings. The van der Waals surface area contributed by atoms with Gasteiger partial charge in [0.1, 0.15) is 0 Å². The van der Waals surface area contributed by atoms with Gasteiger partial charge in [0.05, 0.1) is 0 Å². The van der Waals surface area contributed by atoms with Gasteiger partial charge in [-0.3, -0.25) is 11.3 Å². The highest BCUT2D eigenvalue weighted by atomic mass is 15.2. The van der Waals surface area contributed by atoms with E-state index in [0.29, 0.717) is 5.92 Å². The Labute approximate surface area is 109 Å². The molecule has 2 nitrogen and oxygen atoms in total. The van der Waals surface area contributed by atoms with Gasteiger partial charge in [0.2, 0.25) is 0 Å². The molecule has 0 saturated carbocycles. The zero-order valence-corrected chi connectivity index (χ0v) is 10.9. The highest BCUT2D eigenvalue weighted by Gasteiger charge is 2.13. The highest BCUT2D eigenvalue weighted by molar-refractivity contribution is 5.63. The van der Waals surface area contributed by atoms with Gasteiger partial charge in [-0.15, -0.1) is 0 Å². The maximum absolute atomic E-state index is 5.60. The van der Waals surface area contributed by atoms with Gasteiger partial charge in [-0.2, -0.15) is 0 Å². The Morgan fingerprint density at radius 3 is 1.89 bits per heavy atom. The molecule has 2 rings (SSSR count). The second kappa shape index (κ2) is 5.80. The third kappa shape index (κ3) is 2.78. The van der Waals surface area contributed by atoms with Gasteiger partial charge < -0.3 is 0 Å². The van der Waals surface area contributed by atoms with E-state index >= 15 is 0 Å². The highest BCUT2D eigenvalue weighted by Crippen LogP contribution is 2.24. The van der Waals surface area contributed by atoms with Crippen LogP contribution in [0.4, 0.5) is 0 Å². The standard InChI is InChI=1S/C16H20N2/c1-12(2)16(18-17)15-10-8-14(9-11-15)13-6-4-3-5-7-13/h3-12,16,18H,17H2,1-2H3. The van der Waals surface area contributed by atoms with Crippen LogP contribution in [0.1, 0.15) is 25.5 Å². The minimum Gasteiger partial charge on any atom is -0.271 e. The Morgan fingerprint density at radius 2 is 1.39 bits per heavy atom. The second-order valence-corrected chi connectivity index (χ2v) is 4.88. The molecule has 0 aliphatic heterocycles. The van der Waals surface area contributed by atoms with E-state index in [-0.39, 0.29) is 6.04 Å². The molecule has 3 N–H and O–H groups in total. The normalized spacial score (nSPS) is 12.7. The summed E-state index contributed by atoms with van der Waals surface area (Å²) in [5.74, 6) is 6.07. The molecule has 94 valence electrons. The topological polar surface area (TPSA) is 38.0 Å². The summed E-state index contributed by atoms with van der Waals surface area (Å²) in [7, 11) is 0. The summed E-state index contributed by atoms with van der Waals surface area (Å²) in [4.78, 5) is 0. The number of hydrogen-bond donors (Lipinski definition) is 2. The molecule has 0 bridgehead atoms. The Bertz CT molecular complexity index is 474. The van der Waals surface area contributed by atoms with Crippen LogP contribution in [0.2, 0.25) is 0 Å². The summed E-state index contributed by atoms with van der Waals surface area (Å²) in [5.41, 5.74) is 6.58. The molecular weight excluding hydrogens is 220 g/mol. The Kier molecular flexibility index (Phi) is 4.13. The van der Waals surface area contributed by atoms with Crippen LogP contribution in [-0.2, 0) is 0 Å². The second-order valence-electron chi connectivity index (χ2n) is 4.88. The largest absolute Gasteiger partial charge is 0.271 e. The van der Waals surface area contributed by atoms with Crippen LogP contribution in [0, 0.1) is 5.92 Å². The summed E-state index contributed by atoms with van der Waals surface area (Å²) < 4.78 is 0. The Hall–Kier alpha value is -1.64. The van der Waals surface area contributed by atoms with Crippen LogP contribution in [0.25, 0.3) is 11.1 Å². The summed E-state index contributed by atoms with van der Waals surface area (Å²) in [5, 5.41) is 0. The first-order valence-corrected chi connectivity index (χ1v) is 6.34. The van der Waals surface area contributed by atoms with Crippen LogP contribution < -0.4 is 11.3 Å². The SMILES string of the molecule is CC(C)C(NN)c1ccc(-c2ccccc2)cc1. The van der Waals surface area contributed by atoms with E-state index < -0.39 is 0 Å². The lowest BCUT2D eigenvalue weighted by Crippen LogP contribution is -2.31. The average molecular weight is 240 g/mol. The average Bonchev–Trinajstić information content (AvgIpc) is 2.41. The summed E-state index contributed by atoms with van der Waals surface area (Å²) in [6, 6.07) is 19.2. The Morgan fingerprint density at radius 1 is 0.833 bits per heavy atom. The van der Waals surface area contributed by atoms with Crippen molar-refractivity contribution in [2.24, 2.45) is 11.8 Å². The molecule has 1 unspecified atom stereocenters. The summed E-state index contributed by atoms with van der Waals surface area (Å²) in [6.45, 7) is 4.32. The van der Waals surface area contributed by atoms with Crippen molar-refractivity contribution >= 4 is 0 Å². The fourth-order valence-electron chi connectivity index (χ4n) is 2.19. The van der Waals surface area contributed by atoms with Crippen molar-refractivity contribution in [1.29, 1.82) is 0 Å². The van der Waals surface area contributed by atoms with E-state index in [1.807, 2.05) is 6.07 Å². The molecule has 0 aromatic heterocycles. The summed E-state index contributed by atoms with van der Waals surface area (Å²) in [6.07, 6.45) is 0. The van der Waals surface area contributed by atoms with Crippen molar-refractivity contribution in [3.63, 3.8) is 0 Å². The van der Waals surface area contributed by atoms with Gasteiger partial charge in [-0.25, -0.2) is 0 Å². The molecule has 18 heavy (non-hydrogen) atoms. The van der Waals surface area contributed by atoms with Gasteiger partial charge in [0, 0.05) is 6.04 Å². The molecule has 0 saturated heterocycles. The van der Waals surface area contributed by atoms with E-state index in [1.54, 1.807) is 0 Å². The quantitative estimate of drug-likeness (QED) is 0.634. The third-order valence-electron chi connectivity index (χ3n) is 3.22. The molecule has 2 heteroatoms. The number of hydrogen-bond acceptors (Lipinski definition) is 2. The smallest absolute Gasteiger partial charge is 0.0482 e. The van der Waals surface area contributed by atoms with Gasteiger partial charge >= 0.3 is 0 Å². The van der Waals surface area contributed by atoms with Gasteiger partial charge in [0.15, 0.2) is 0 Å². The number of rotatable bonds is 4. The Balaban J connectivity index is 2.25. The predicted octanol–water partition coefficient (Wildman–Crippen LogP) is 3.51. The molecule has 2 aromatic carbocycles. The molecule has 0 heterocycles. The molecule has 0 spiro atoms. The number of hydrazine groups is 1. The van der Waals surface area contributed by atoms with Gasteiger partial charge in [0.25, 0.3) is 0 Å². The first-order valence-electron chi connectivity index (χ1n) is 6.34. The fourth-order valence-corrected chi connectivity index (χ4v) is 2.19. The number of benzene rings is 2. The van der Waals surface area contributed by atoms with Crippen molar-refractivity contribution in [3.8, 4) is 11.1 Å². The molecule has 0 radical (unpaired) electrons. The van der Waals surface area contributed by atoms with Crippen LogP contribution in [0.5, 0.6) is 0 Å². The maximum Gasteiger partial charge on any atom is 0.0482 e. The minimum absolute atomic E-state index is 0.204. The van der Waals surface area contributed by atoms with Crippen molar-refractivity contribution in [3.05, 3.63) is 60.2 Å². The van der Waals surface area contributed by atoms with Crippen molar-refractivity contribution in [2.75, 3.05) is 0 Å². The lowest BCUT2D eigenvalue weighted by Gasteiger charge is -2.20. The maximum atomic E-state index is 5.60. The van der Waals surface area contributed by atoms with E-state index in [1.165, 1.54) is 16.7 Å². The van der Waals surface area contributed by atoms with E-state index in [9.17, 15) is 0 Å². The van der Waals surface area contributed by atoms with Crippen molar-refractivity contribution in [2.45, 2.75) is 19.9 Å². The van der Waals surface area contributed by atoms with Crippen molar-refractivity contribution in [1.82, 2.24) is 5.43 Å². The summed E-state index contributed by atoms with van der Waals surface area (Å²) >= 11 is 0. The third-order valence-corrected chi connectivity index (χ3v) is 3.22. The van der Waals surface area contributed by atoms with Crippen molar-refractivity contribution < 1.29 is 0 Å². The van der Waals surface area contributed by atoms with Gasteiger partial charge in [-0.1, -0.05) is 68.4 Å². The zero-order valence-electron chi connectivity index (χ0n) is 10.9. The zero-order chi connectivity index (χ0) is 13.0. The minimum atomic E-state index is 0.204. The first-order chi connectivity index (χ1) is 8.72. The fraction of sp³-hybridized carbons (Fsp3) is 0.250. The number of nitrogens with one attached hydrogen (secondary N) is 1. The van der Waals surface area contributed by atoms with Crippen LogP contribution >= 0.6 is 0 Å². The van der Waals surface area contributed by atoms with Crippen LogP contribution in [-0.4, -0.2) is 0 Å². The first kappa shape index (κ1) is 12.8. The van der Waals surface area contributed by atoms with Crippen LogP contribution in [0.15, 0.2) is 54.6 Å². The van der Waals surface area contributed by atoms with Gasteiger partial charge in [-0.05, 0) is 22.6 Å². The lowest BCUT2D eigenvalue weighted by atomic mass is 9.95. The predicted molar refractivity (Wildman–Crippen MR) is 76.8 cm³/mol. The molecular formula is C16H20N2. The number of nitrogens with two attached hydrogens (primary N) is 1. The molecule has 1 atom stereocenters. The molecule has 0 aliphatic carbocycles. The van der Waals surface area contributed by atoms with Crippen LogP contribution in [0.3, 0.4) is 0 Å². The lowest BCUT2D eigenvalue weighted by molar-refractivity contribution is 0.421. The van der Waals surface area contributed by atoms with E-state index in [0.717, 1.165) is 0 Å². The van der Waals surface area contributed by atoms with E-state index in [2.05, 4.69) is 67.8 Å². The van der Waals surface area contributed by atoms with E-state index in [4.69, 9.17) is 5.84 Å². The molecule has 0 amide bonds. The monoisotopic (exact) mass is 240 g/mol. The molecule has 0 fully saturated rings. The molecule has 0 aliphatic rings.